The van der Waals surface area contributed by atoms with E-state index in [0.717, 1.165) is 23.8 Å². The summed E-state index contributed by atoms with van der Waals surface area (Å²) in [5.74, 6) is -2.13. The molecule has 5 heteroatoms. The van der Waals surface area contributed by atoms with Crippen molar-refractivity contribution in [3.05, 3.63) is 65.2 Å². The van der Waals surface area contributed by atoms with Crippen molar-refractivity contribution >= 4 is 11.6 Å². The van der Waals surface area contributed by atoms with Crippen molar-refractivity contribution in [3.8, 4) is 0 Å². The van der Waals surface area contributed by atoms with E-state index in [1.165, 1.54) is 0 Å². The van der Waals surface area contributed by atoms with Crippen molar-refractivity contribution in [3.63, 3.8) is 0 Å². The van der Waals surface area contributed by atoms with Crippen LogP contribution in [0.5, 0.6) is 0 Å². The average Bonchev–Trinajstić information content (AvgIpc) is 2.42. The Morgan fingerprint density at radius 1 is 1.15 bits per heavy atom. The molecule has 3 nitrogen and oxygen atoms in total. The summed E-state index contributed by atoms with van der Waals surface area (Å²) >= 11 is 0. The van der Waals surface area contributed by atoms with Crippen LogP contribution in [0.1, 0.15) is 28.9 Å². The van der Waals surface area contributed by atoms with Crippen LogP contribution >= 0.6 is 0 Å². The molecule has 2 aromatic rings. The number of carbonyl (C=O) groups is 1. The van der Waals surface area contributed by atoms with Crippen LogP contribution in [-0.2, 0) is 0 Å². The number of amides is 1. The minimum absolute atomic E-state index is 0.111. The molecule has 0 aliphatic carbocycles. The molecule has 0 saturated carbocycles. The van der Waals surface area contributed by atoms with Gasteiger partial charge in [0, 0.05) is 11.7 Å². The molecule has 0 fully saturated rings. The Hall–Kier alpha value is -2.27. The van der Waals surface area contributed by atoms with E-state index in [0.29, 0.717) is 5.69 Å². The van der Waals surface area contributed by atoms with Gasteiger partial charge in [-0.25, -0.2) is 8.78 Å². The molecule has 2 rings (SSSR count). The molecule has 0 aliphatic heterocycles. The molecular formula is C15H14F2N2O. The maximum absolute atomic E-state index is 13.4. The molecule has 104 valence electrons. The molecule has 2 aromatic carbocycles. The number of anilines is 1. The number of hydrogen-bond acceptors (Lipinski definition) is 2. The van der Waals surface area contributed by atoms with E-state index >= 15 is 0 Å². The van der Waals surface area contributed by atoms with Gasteiger partial charge in [-0.15, -0.1) is 0 Å². The predicted molar refractivity (Wildman–Crippen MR) is 73.4 cm³/mol. The lowest BCUT2D eigenvalue weighted by Gasteiger charge is -2.09. The highest BCUT2D eigenvalue weighted by Crippen LogP contribution is 2.16. The lowest BCUT2D eigenvalue weighted by Crippen LogP contribution is -2.14. The van der Waals surface area contributed by atoms with E-state index in [-0.39, 0.29) is 11.6 Å². The SMILES string of the molecule is CC(N)c1ccc(NC(=O)c2cc(F)ccc2F)cc1. The van der Waals surface area contributed by atoms with Crippen LogP contribution in [0, 0.1) is 11.6 Å². The first-order valence-electron chi connectivity index (χ1n) is 6.09. The van der Waals surface area contributed by atoms with E-state index in [1.54, 1.807) is 24.3 Å². The van der Waals surface area contributed by atoms with Crippen molar-refractivity contribution in [2.24, 2.45) is 5.73 Å². The van der Waals surface area contributed by atoms with Gasteiger partial charge in [0.25, 0.3) is 5.91 Å². The molecule has 0 aliphatic rings. The van der Waals surface area contributed by atoms with Gasteiger partial charge in [0.05, 0.1) is 5.56 Å². The molecule has 0 aromatic heterocycles. The van der Waals surface area contributed by atoms with Gasteiger partial charge < -0.3 is 11.1 Å². The number of carbonyl (C=O) groups excluding carboxylic acids is 1. The zero-order valence-corrected chi connectivity index (χ0v) is 10.9. The van der Waals surface area contributed by atoms with Crippen LogP contribution in [0.2, 0.25) is 0 Å². The van der Waals surface area contributed by atoms with E-state index in [1.807, 2.05) is 6.92 Å². The maximum Gasteiger partial charge on any atom is 0.258 e. The van der Waals surface area contributed by atoms with Crippen LogP contribution in [0.4, 0.5) is 14.5 Å². The van der Waals surface area contributed by atoms with Crippen molar-refractivity contribution < 1.29 is 13.6 Å². The zero-order chi connectivity index (χ0) is 14.7. The molecule has 0 spiro atoms. The van der Waals surface area contributed by atoms with Gasteiger partial charge in [-0.2, -0.15) is 0 Å². The fourth-order valence-electron chi connectivity index (χ4n) is 1.74. The molecule has 1 atom stereocenters. The molecule has 1 unspecified atom stereocenters. The minimum Gasteiger partial charge on any atom is -0.324 e. The van der Waals surface area contributed by atoms with Crippen LogP contribution < -0.4 is 11.1 Å². The summed E-state index contributed by atoms with van der Waals surface area (Å²) in [7, 11) is 0. The first-order valence-corrected chi connectivity index (χ1v) is 6.09. The first kappa shape index (κ1) is 14.1. The second-order valence-corrected chi connectivity index (χ2v) is 4.49. The summed E-state index contributed by atoms with van der Waals surface area (Å²) < 4.78 is 26.5. The zero-order valence-electron chi connectivity index (χ0n) is 10.9. The Bertz CT molecular complexity index is 624. The average molecular weight is 276 g/mol. The summed E-state index contributed by atoms with van der Waals surface area (Å²) in [6, 6.07) is 9.49. The van der Waals surface area contributed by atoms with Gasteiger partial charge in [-0.1, -0.05) is 12.1 Å². The molecule has 20 heavy (non-hydrogen) atoms. The molecule has 1 amide bonds. The third-order valence-corrected chi connectivity index (χ3v) is 2.87. The first-order chi connectivity index (χ1) is 9.47. The highest BCUT2D eigenvalue weighted by molar-refractivity contribution is 6.04. The molecule has 0 radical (unpaired) electrons. The van der Waals surface area contributed by atoms with Gasteiger partial charge in [-0.05, 0) is 42.8 Å². The van der Waals surface area contributed by atoms with Gasteiger partial charge >= 0.3 is 0 Å². The van der Waals surface area contributed by atoms with Crippen molar-refractivity contribution in [1.82, 2.24) is 0 Å². The highest BCUT2D eigenvalue weighted by Gasteiger charge is 2.13. The summed E-state index contributed by atoms with van der Waals surface area (Å²) in [5, 5.41) is 2.51. The summed E-state index contributed by atoms with van der Waals surface area (Å²) in [6.07, 6.45) is 0. The van der Waals surface area contributed by atoms with Crippen LogP contribution in [-0.4, -0.2) is 5.91 Å². The molecular weight excluding hydrogens is 262 g/mol. The lowest BCUT2D eigenvalue weighted by atomic mass is 10.1. The smallest absolute Gasteiger partial charge is 0.258 e. The molecule has 0 saturated heterocycles. The molecule has 3 N–H and O–H groups in total. The Morgan fingerprint density at radius 3 is 2.40 bits per heavy atom. The second-order valence-electron chi connectivity index (χ2n) is 4.49. The maximum atomic E-state index is 13.4. The van der Waals surface area contributed by atoms with E-state index in [4.69, 9.17) is 5.73 Å². The quantitative estimate of drug-likeness (QED) is 0.904. The monoisotopic (exact) mass is 276 g/mol. The van der Waals surface area contributed by atoms with E-state index in [9.17, 15) is 13.6 Å². The summed E-state index contributed by atoms with van der Waals surface area (Å²) in [6.45, 7) is 1.84. The standard InChI is InChI=1S/C15H14F2N2O/c1-9(18)10-2-5-12(6-3-10)19-15(20)13-8-11(16)4-7-14(13)17/h2-9H,18H2,1H3,(H,19,20). The Labute approximate surface area is 115 Å². The van der Waals surface area contributed by atoms with Crippen molar-refractivity contribution in [2.45, 2.75) is 13.0 Å². The topological polar surface area (TPSA) is 55.1 Å². The minimum atomic E-state index is -0.767. The van der Waals surface area contributed by atoms with Gasteiger partial charge in [0.1, 0.15) is 11.6 Å². The van der Waals surface area contributed by atoms with Crippen LogP contribution in [0.25, 0.3) is 0 Å². The predicted octanol–water partition coefficient (Wildman–Crippen LogP) is 3.24. The molecule has 0 heterocycles. The highest BCUT2D eigenvalue weighted by atomic mass is 19.1. The third kappa shape index (κ3) is 3.19. The Balaban J connectivity index is 2.17. The fourth-order valence-corrected chi connectivity index (χ4v) is 1.74. The lowest BCUT2D eigenvalue weighted by molar-refractivity contribution is 0.102. The third-order valence-electron chi connectivity index (χ3n) is 2.87. The second kappa shape index (κ2) is 5.79. The Morgan fingerprint density at radius 2 is 1.80 bits per heavy atom. The normalized spacial score (nSPS) is 12.0. The summed E-state index contributed by atoms with van der Waals surface area (Å²) in [4.78, 5) is 11.9. The van der Waals surface area contributed by atoms with Crippen molar-refractivity contribution in [2.75, 3.05) is 5.32 Å². The van der Waals surface area contributed by atoms with Crippen LogP contribution in [0.3, 0.4) is 0 Å². The number of benzene rings is 2. The van der Waals surface area contributed by atoms with E-state index < -0.39 is 17.5 Å². The van der Waals surface area contributed by atoms with Gasteiger partial charge in [0.2, 0.25) is 0 Å². The van der Waals surface area contributed by atoms with Gasteiger partial charge in [0.15, 0.2) is 0 Å². The van der Waals surface area contributed by atoms with Crippen molar-refractivity contribution in [1.29, 1.82) is 0 Å². The largest absolute Gasteiger partial charge is 0.324 e. The number of nitrogens with two attached hydrogens (primary N) is 1. The van der Waals surface area contributed by atoms with Crippen LogP contribution in [0.15, 0.2) is 42.5 Å². The fraction of sp³-hybridized carbons (Fsp3) is 0.133. The summed E-state index contributed by atoms with van der Waals surface area (Å²) in [5.41, 5.74) is 6.79. The van der Waals surface area contributed by atoms with Gasteiger partial charge in [-0.3, -0.25) is 4.79 Å². The Kier molecular flexibility index (Phi) is 4.10. The molecule has 0 bridgehead atoms. The number of hydrogen-bond donors (Lipinski definition) is 2. The number of nitrogens with one attached hydrogen (secondary N) is 1. The number of rotatable bonds is 3. The van der Waals surface area contributed by atoms with E-state index in [2.05, 4.69) is 5.32 Å². The number of halogens is 2.